The maximum Gasteiger partial charge on any atom is 0.225 e. The lowest BCUT2D eigenvalue weighted by Gasteiger charge is -2.32. The van der Waals surface area contributed by atoms with E-state index in [4.69, 9.17) is 0 Å². The van der Waals surface area contributed by atoms with E-state index in [2.05, 4.69) is 34.0 Å². The summed E-state index contributed by atoms with van der Waals surface area (Å²) in [7, 11) is 0. The predicted octanol–water partition coefficient (Wildman–Crippen LogP) is 2.00. The number of rotatable bonds is 5. The average molecular weight is 276 g/mol. The van der Waals surface area contributed by atoms with Crippen molar-refractivity contribution in [3.63, 3.8) is 0 Å². The number of amides is 1. The highest BCUT2D eigenvalue weighted by Gasteiger charge is 2.27. The van der Waals surface area contributed by atoms with Crippen LogP contribution in [0, 0.1) is 5.92 Å². The molecule has 1 aliphatic rings. The van der Waals surface area contributed by atoms with Crippen LogP contribution in [0.3, 0.4) is 0 Å². The predicted molar refractivity (Wildman–Crippen MR) is 79.5 cm³/mol. The molecule has 0 aromatic carbocycles. The molecule has 1 aromatic heterocycles. The first kappa shape index (κ1) is 14.8. The van der Waals surface area contributed by atoms with Crippen LogP contribution in [0.5, 0.6) is 0 Å². The Labute approximate surface area is 120 Å². The number of piperidine rings is 1. The van der Waals surface area contributed by atoms with Gasteiger partial charge in [0.05, 0.1) is 5.92 Å². The number of nitrogens with one attached hydrogen (secondary N) is 1. The summed E-state index contributed by atoms with van der Waals surface area (Å²) < 4.78 is 0. The molecule has 2 rings (SSSR count). The number of anilines is 1. The summed E-state index contributed by atoms with van der Waals surface area (Å²) in [5.41, 5.74) is 0. The molecule has 1 amide bonds. The minimum absolute atomic E-state index is 0.0480. The van der Waals surface area contributed by atoms with Crippen LogP contribution < -0.4 is 10.2 Å². The van der Waals surface area contributed by atoms with Gasteiger partial charge in [0.2, 0.25) is 11.9 Å². The standard InChI is InChI=1S/C15H24N4O/c1-3-6-12(2)18-14(20)13-7-4-10-19(11-13)15-16-8-5-9-17-15/h5,8-9,12-13H,3-4,6-7,10-11H2,1-2H3,(H,18,20)/t12-,13+/m1/s1. The first-order valence-electron chi connectivity index (χ1n) is 7.53. The summed E-state index contributed by atoms with van der Waals surface area (Å²) >= 11 is 0. The molecule has 5 nitrogen and oxygen atoms in total. The summed E-state index contributed by atoms with van der Waals surface area (Å²) in [5.74, 6) is 0.949. The number of aromatic nitrogens is 2. The molecule has 1 aromatic rings. The van der Waals surface area contributed by atoms with Crippen molar-refractivity contribution >= 4 is 11.9 Å². The molecule has 1 aliphatic heterocycles. The highest BCUT2D eigenvalue weighted by molar-refractivity contribution is 5.79. The molecule has 2 atom stereocenters. The molecule has 110 valence electrons. The molecule has 20 heavy (non-hydrogen) atoms. The molecule has 0 saturated carbocycles. The van der Waals surface area contributed by atoms with E-state index in [-0.39, 0.29) is 17.9 Å². The second-order valence-electron chi connectivity index (χ2n) is 5.53. The Kier molecular flexibility index (Phi) is 5.32. The quantitative estimate of drug-likeness (QED) is 0.893. The van der Waals surface area contributed by atoms with Gasteiger partial charge in [-0.3, -0.25) is 4.79 Å². The van der Waals surface area contributed by atoms with Crippen molar-refractivity contribution in [2.75, 3.05) is 18.0 Å². The van der Waals surface area contributed by atoms with Gasteiger partial charge in [0.1, 0.15) is 0 Å². The van der Waals surface area contributed by atoms with Crippen LogP contribution in [0.15, 0.2) is 18.5 Å². The van der Waals surface area contributed by atoms with Crippen LogP contribution in [-0.2, 0) is 4.79 Å². The Balaban J connectivity index is 1.91. The summed E-state index contributed by atoms with van der Waals surface area (Å²) in [6.07, 6.45) is 7.58. The van der Waals surface area contributed by atoms with Gasteiger partial charge in [0.25, 0.3) is 0 Å². The molecular weight excluding hydrogens is 252 g/mol. The van der Waals surface area contributed by atoms with Gasteiger partial charge in [0, 0.05) is 31.5 Å². The minimum Gasteiger partial charge on any atom is -0.353 e. The Bertz CT molecular complexity index is 423. The van der Waals surface area contributed by atoms with E-state index >= 15 is 0 Å². The first-order valence-corrected chi connectivity index (χ1v) is 7.53. The zero-order chi connectivity index (χ0) is 14.4. The number of hydrogen-bond acceptors (Lipinski definition) is 4. The highest BCUT2D eigenvalue weighted by atomic mass is 16.2. The van der Waals surface area contributed by atoms with Crippen LogP contribution in [-0.4, -0.2) is 35.0 Å². The maximum absolute atomic E-state index is 12.3. The maximum atomic E-state index is 12.3. The fourth-order valence-corrected chi connectivity index (χ4v) is 2.69. The lowest BCUT2D eigenvalue weighted by atomic mass is 9.97. The SMILES string of the molecule is CCC[C@@H](C)NC(=O)[C@H]1CCCN(c2ncccn2)C1. The summed E-state index contributed by atoms with van der Waals surface area (Å²) in [6.45, 7) is 5.85. The second kappa shape index (κ2) is 7.22. The van der Waals surface area contributed by atoms with Gasteiger partial charge in [-0.05, 0) is 32.3 Å². The van der Waals surface area contributed by atoms with E-state index < -0.39 is 0 Å². The highest BCUT2D eigenvalue weighted by Crippen LogP contribution is 2.20. The van der Waals surface area contributed by atoms with E-state index in [0.717, 1.165) is 38.2 Å². The molecule has 0 radical (unpaired) electrons. The van der Waals surface area contributed by atoms with Crippen LogP contribution in [0.4, 0.5) is 5.95 Å². The van der Waals surface area contributed by atoms with E-state index in [1.165, 1.54) is 0 Å². The smallest absolute Gasteiger partial charge is 0.225 e. The third-order valence-corrected chi connectivity index (χ3v) is 3.74. The lowest BCUT2D eigenvalue weighted by molar-refractivity contribution is -0.125. The Morgan fingerprint density at radius 1 is 1.50 bits per heavy atom. The van der Waals surface area contributed by atoms with Gasteiger partial charge in [-0.2, -0.15) is 0 Å². The zero-order valence-corrected chi connectivity index (χ0v) is 12.4. The lowest BCUT2D eigenvalue weighted by Crippen LogP contribution is -2.45. The van der Waals surface area contributed by atoms with Crippen molar-refractivity contribution in [2.45, 2.75) is 45.6 Å². The molecule has 1 saturated heterocycles. The second-order valence-corrected chi connectivity index (χ2v) is 5.53. The van der Waals surface area contributed by atoms with Crippen molar-refractivity contribution < 1.29 is 4.79 Å². The number of carbonyl (C=O) groups is 1. The van der Waals surface area contributed by atoms with E-state index in [0.29, 0.717) is 6.54 Å². The van der Waals surface area contributed by atoms with Crippen molar-refractivity contribution in [3.05, 3.63) is 18.5 Å². The largest absolute Gasteiger partial charge is 0.353 e. The average Bonchev–Trinajstić information content (AvgIpc) is 2.48. The fraction of sp³-hybridized carbons (Fsp3) is 0.667. The monoisotopic (exact) mass is 276 g/mol. The summed E-state index contributed by atoms with van der Waals surface area (Å²) in [5, 5.41) is 3.12. The third kappa shape index (κ3) is 3.92. The number of nitrogens with zero attached hydrogens (tertiary/aromatic N) is 3. The molecular formula is C15H24N4O. The minimum atomic E-state index is 0.0480. The Morgan fingerprint density at radius 3 is 2.95 bits per heavy atom. The van der Waals surface area contributed by atoms with E-state index in [1.807, 2.05) is 6.07 Å². The molecule has 1 fully saturated rings. The summed E-state index contributed by atoms with van der Waals surface area (Å²) in [6, 6.07) is 2.07. The van der Waals surface area contributed by atoms with Crippen molar-refractivity contribution in [2.24, 2.45) is 5.92 Å². The Hall–Kier alpha value is -1.65. The fourth-order valence-electron chi connectivity index (χ4n) is 2.69. The molecule has 0 aliphatic carbocycles. The van der Waals surface area contributed by atoms with Crippen LogP contribution in [0.25, 0.3) is 0 Å². The van der Waals surface area contributed by atoms with Crippen molar-refractivity contribution in [3.8, 4) is 0 Å². The molecule has 2 heterocycles. The topological polar surface area (TPSA) is 58.1 Å². The Morgan fingerprint density at radius 2 is 2.25 bits per heavy atom. The summed E-state index contributed by atoms with van der Waals surface area (Å²) in [4.78, 5) is 22.9. The molecule has 0 unspecified atom stereocenters. The van der Waals surface area contributed by atoms with E-state index in [1.54, 1.807) is 12.4 Å². The normalized spacial score (nSPS) is 20.5. The number of carbonyl (C=O) groups excluding carboxylic acids is 1. The molecule has 0 spiro atoms. The van der Waals surface area contributed by atoms with Gasteiger partial charge in [-0.25, -0.2) is 9.97 Å². The van der Waals surface area contributed by atoms with Crippen LogP contribution in [0.1, 0.15) is 39.5 Å². The van der Waals surface area contributed by atoms with Crippen molar-refractivity contribution in [1.29, 1.82) is 0 Å². The molecule has 5 heteroatoms. The van der Waals surface area contributed by atoms with Gasteiger partial charge in [0.15, 0.2) is 0 Å². The van der Waals surface area contributed by atoms with Crippen LogP contribution in [0.2, 0.25) is 0 Å². The zero-order valence-electron chi connectivity index (χ0n) is 12.4. The van der Waals surface area contributed by atoms with E-state index in [9.17, 15) is 4.79 Å². The molecule has 1 N–H and O–H groups in total. The van der Waals surface area contributed by atoms with Crippen molar-refractivity contribution in [1.82, 2.24) is 15.3 Å². The third-order valence-electron chi connectivity index (χ3n) is 3.74. The number of hydrogen-bond donors (Lipinski definition) is 1. The van der Waals surface area contributed by atoms with Crippen LogP contribution >= 0.6 is 0 Å². The van der Waals surface area contributed by atoms with Gasteiger partial charge >= 0.3 is 0 Å². The van der Waals surface area contributed by atoms with Gasteiger partial charge in [-0.1, -0.05) is 13.3 Å². The first-order chi connectivity index (χ1) is 9.70. The molecule has 0 bridgehead atoms. The van der Waals surface area contributed by atoms with Gasteiger partial charge < -0.3 is 10.2 Å². The van der Waals surface area contributed by atoms with Gasteiger partial charge in [-0.15, -0.1) is 0 Å².